The molecule has 1 saturated heterocycles. The molecule has 2 aliphatic rings. The Morgan fingerprint density at radius 1 is 1.32 bits per heavy atom. The monoisotopic (exact) mass is 411 g/mol. The number of halogens is 3. The highest BCUT2D eigenvalue weighted by Crippen LogP contribution is 2.31. The number of rotatable bonds is 3. The third-order valence-corrected chi connectivity index (χ3v) is 5.19. The third-order valence-electron chi connectivity index (χ3n) is 4.96. The summed E-state index contributed by atoms with van der Waals surface area (Å²) in [5, 5.41) is 4.37. The number of hydrogen-bond donors (Lipinski definition) is 0. The van der Waals surface area contributed by atoms with Gasteiger partial charge in [-0.3, -0.25) is 14.2 Å². The van der Waals surface area contributed by atoms with Gasteiger partial charge in [-0.25, -0.2) is 23.2 Å². The molecule has 8 nitrogen and oxygen atoms in total. The Hall–Kier alpha value is -2.62. The van der Waals surface area contributed by atoms with Crippen molar-refractivity contribution in [2.75, 3.05) is 13.1 Å². The number of likely N-dealkylation sites (tertiary alicyclic amines) is 1. The number of hydrogen-bond acceptors (Lipinski definition) is 5. The molecule has 11 heteroatoms. The smallest absolute Gasteiger partial charge is 0.335 e. The Labute approximate surface area is 162 Å². The van der Waals surface area contributed by atoms with Crippen molar-refractivity contribution in [3.63, 3.8) is 0 Å². The fraction of sp³-hybridized carbons (Fsp3) is 0.471. The molecule has 28 heavy (non-hydrogen) atoms. The van der Waals surface area contributed by atoms with Crippen LogP contribution in [0.3, 0.4) is 0 Å². The number of carbonyl (C=O) groups is 2. The van der Waals surface area contributed by atoms with Crippen LogP contribution in [-0.2, 0) is 11.3 Å². The van der Waals surface area contributed by atoms with E-state index in [1.807, 2.05) is 0 Å². The Balaban J connectivity index is 1.66. The van der Waals surface area contributed by atoms with E-state index in [0.717, 1.165) is 14.1 Å². The van der Waals surface area contributed by atoms with Crippen LogP contribution in [0.15, 0.2) is 23.1 Å². The van der Waals surface area contributed by atoms with Crippen LogP contribution < -0.4 is 5.69 Å². The van der Waals surface area contributed by atoms with Gasteiger partial charge in [0.05, 0.1) is 13.1 Å². The van der Waals surface area contributed by atoms with E-state index < -0.39 is 36.5 Å². The van der Waals surface area contributed by atoms with Crippen LogP contribution >= 0.6 is 11.6 Å². The number of carbonyl (C=O) groups excluding carboxylic acids is 2. The summed E-state index contributed by atoms with van der Waals surface area (Å²) in [5.41, 5.74) is -0.00114. The highest BCUT2D eigenvalue weighted by atomic mass is 35.5. The standard InChI is InChI=1S/C17H16ClF2N5O3/c18-13-4-1-10(7-21-13)8-24-16(28)25-11(2-3-12(26)14(25)22-24)15(27)23-6-5-17(19,20)9-23/h1,4,7,11H,2-3,5-6,8-9H2/t11-/m0/s1. The van der Waals surface area contributed by atoms with Gasteiger partial charge in [-0.1, -0.05) is 17.7 Å². The minimum absolute atomic E-state index is 0.0274. The van der Waals surface area contributed by atoms with Gasteiger partial charge in [0.25, 0.3) is 5.92 Å². The summed E-state index contributed by atoms with van der Waals surface area (Å²) < 4.78 is 29.1. The van der Waals surface area contributed by atoms with Gasteiger partial charge in [0, 0.05) is 25.6 Å². The lowest BCUT2D eigenvalue weighted by Crippen LogP contribution is -2.43. The first kappa shape index (κ1) is 18.7. The second-order valence-corrected chi connectivity index (χ2v) is 7.35. The second kappa shape index (κ2) is 6.77. The second-order valence-electron chi connectivity index (χ2n) is 6.97. The number of Topliss-reactive ketones (excluding diaryl/α,β-unsaturated/α-hetero) is 1. The molecule has 2 aromatic rings. The summed E-state index contributed by atoms with van der Waals surface area (Å²) in [6.45, 7) is -0.713. The molecule has 0 aliphatic carbocycles. The van der Waals surface area contributed by atoms with E-state index in [-0.39, 0.29) is 37.5 Å². The van der Waals surface area contributed by atoms with Crippen LogP contribution in [0.1, 0.15) is 41.5 Å². The number of pyridine rings is 1. The zero-order valence-electron chi connectivity index (χ0n) is 14.6. The van der Waals surface area contributed by atoms with Gasteiger partial charge in [0.15, 0.2) is 5.78 Å². The first-order chi connectivity index (χ1) is 13.2. The summed E-state index contributed by atoms with van der Waals surface area (Å²) in [4.78, 5) is 42.8. The lowest BCUT2D eigenvalue weighted by atomic mass is 10.0. The molecule has 0 spiro atoms. The quantitative estimate of drug-likeness (QED) is 0.714. The summed E-state index contributed by atoms with van der Waals surface area (Å²) in [6.07, 6.45) is 1.18. The normalized spacial score (nSPS) is 21.0. The van der Waals surface area contributed by atoms with Crippen LogP contribution in [0.5, 0.6) is 0 Å². The summed E-state index contributed by atoms with van der Waals surface area (Å²) in [5.74, 6) is -4.00. The van der Waals surface area contributed by atoms with E-state index in [0.29, 0.717) is 10.7 Å². The molecule has 148 valence electrons. The van der Waals surface area contributed by atoms with Crippen LogP contribution in [0.4, 0.5) is 8.78 Å². The number of aromatic nitrogens is 4. The molecule has 2 aromatic heterocycles. The van der Waals surface area contributed by atoms with E-state index in [9.17, 15) is 23.2 Å². The minimum Gasteiger partial charge on any atom is -0.335 e. The summed E-state index contributed by atoms with van der Waals surface area (Å²) >= 11 is 5.74. The molecule has 1 fully saturated rings. The molecule has 4 heterocycles. The fourth-order valence-corrected chi connectivity index (χ4v) is 3.66. The number of amides is 1. The molecule has 4 rings (SSSR count). The van der Waals surface area contributed by atoms with Crippen molar-refractivity contribution in [3.05, 3.63) is 45.4 Å². The van der Waals surface area contributed by atoms with Crippen LogP contribution in [0, 0.1) is 0 Å². The van der Waals surface area contributed by atoms with Crippen LogP contribution in [0.25, 0.3) is 0 Å². The number of alkyl halides is 2. The molecule has 0 unspecified atom stereocenters. The molecule has 2 aliphatic heterocycles. The van der Waals surface area contributed by atoms with Gasteiger partial charge >= 0.3 is 5.69 Å². The molecule has 0 bridgehead atoms. The molecule has 0 saturated carbocycles. The lowest BCUT2D eigenvalue weighted by Gasteiger charge is -2.26. The van der Waals surface area contributed by atoms with E-state index in [2.05, 4.69) is 10.1 Å². The van der Waals surface area contributed by atoms with Crippen LogP contribution in [0.2, 0.25) is 5.15 Å². The molecule has 0 N–H and O–H groups in total. The Morgan fingerprint density at radius 2 is 2.11 bits per heavy atom. The summed E-state index contributed by atoms with van der Waals surface area (Å²) in [7, 11) is 0. The van der Waals surface area contributed by atoms with E-state index >= 15 is 0 Å². The van der Waals surface area contributed by atoms with Gasteiger partial charge in [-0.05, 0) is 18.1 Å². The van der Waals surface area contributed by atoms with Gasteiger partial charge in [-0.15, -0.1) is 5.10 Å². The molecular weight excluding hydrogens is 396 g/mol. The number of fused-ring (bicyclic) bond motifs is 1. The van der Waals surface area contributed by atoms with Crippen LogP contribution in [-0.4, -0.2) is 54.9 Å². The van der Waals surface area contributed by atoms with E-state index in [1.54, 1.807) is 12.1 Å². The number of nitrogens with zero attached hydrogens (tertiary/aromatic N) is 5. The van der Waals surface area contributed by atoms with Crippen molar-refractivity contribution in [3.8, 4) is 0 Å². The highest BCUT2D eigenvalue weighted by Gasteiger charge is 2.44. The Bertz CT molecular complexity index is 1000. The molecule has 0 radical (unpaired) electrons. The minimum atomic E-state index is -2.93. The first-order valence-corrected chi connectivity index (χ1v) is 9.12. The maximum atomic E-state index is 13.5. The topological polar surface area (TPSA) is 90.1 Å². The van der Waals surface area contributed by atoms with Gasteiger partial charge in [-0.2, -0.15) is 0 Å². The van der Waals surface area contributed by atoms with Gasteiger partial charge in [0.2, 0.25) is 11.7 Å². The lowest BCUT2D eigenvalue weighted by molar-refractivity contribution is -0.135. The zero-order chi connectivity index (χ0) is 20.1. The summed E-state index contributed by atoms with van der Waals surface area (Å²) in [6, 6.07) is 2.21. The Morgan fingerprint density at radius 3 is 2.75 bits per heavy atom. The molecule has 1 amide bonds. The van der Waals surface area contributed by atoms with E-state index in [1.165, 1.54) is 6.20 Å². The highest BCUT2D eigenvalue weighted by molar-refractivity contribution is 6.29. The first-order valence-electron chi connectivity index (χ1n) is 8.75. The third kappa shape index (κ3) is 3.32. The van der Waals surface area contributed by atoms with Crippen molar-refractivity contribution < 1.29 is 18.4 Å². The van der Waals surface area contributed by atoms with Gasteiger partial charge in [0.1, 0.15) is 11.2 Å². The largest absolute Gasteiger partial charge is 0.347 e. The van der Waals surface area contributed by atoms with Crippen molar-refractivity contribution >= 4 is 23.3 Å². The predicted octanol–water partition coefficient (Wildman–Crippen LogP) is 1.53. The van der Waals surface area contributed by atoms with Crippen molar-refractivity contribution in [2.45, 2.75) is 37.8 Å². The molecule has 0 aromatic carbocycles. The zero-order valence-corrected chi connectivity index (χ0v) is 15.4. The van der Waals surface area contributed by atoms with Crippen molar-refractivity contribution in [2.24, 2.45) is 0 Å². The average molecular weight is 412 g/mol. The number of ketones is 1. The Kier molecular flexibility index (Phi) is 4.53. The molecular formula is C17H16ClF2N5O3. The average Bonchev–Trinajstić information content (AvgIpc) is 3.18. The molecule has 1 atom stereocenters. The SMILES string of the molecule is O=C1CC[C@@H](C(=O)N2CCC(F)(F)C2)n2c1nn(Cc1ccc(Cl)nc1)c2=O. The van der Waals surface area contributed by atoms with Crippen molar-refractivity contribution in [1.82, 2.24) is 24.2 Å². The van der Waals surface area contributed by atoms with Crippen molar-refractivity contribution in [1.29, 1.82) is 0 Å². The fourth-order valence-electron chi connectivity index (χ4n) is 3.54. The maximum Gasteiger partial charge on any atom is 0.347 e. The predicted molar refractivity (Wildman–Crippen MR) is 93.6 cm³/mol. The van der Waals surface area contributed by atoms with E-state index in [4.69, 9.17) is 11.6 Å². The maximum absolute atomic E-state index is 13.5. The van der Waals surface area contributed by atoms with Gasteiger partial charge < -0.3 is 4.90 Å².